The quantitative estimate of drug-likeness (QED) is 0.470. The van der Waals surface area contributed by atoms with E-state index in [9.17, 15) is 14.0 Å². The van der Waals surface area contributed by atoms with Crippen LogP contribution in [0.25, 0.3) is 0 Å². The van der Waals surface area contributed by atoms with Crippen LogP contribution in [0.4, 0.5) is 4.39 Å². The molecule has 0 aliphatic heterocycles. The van der Waals surface area contributed by atoms with E-state index >= 15 is 0 Å². The number of hydrogen-bond donors (Lipinski definition) is 1. The van der Waals surface area contributed by atoms with Crippen LogP contribution in [0.5, 0.6) is 0 Å². The third-order valence-electron chi connectivity index (χ3n) is 4.97. The van der Waals surface area contributed by atoms with Gasteiger partial charge in [-0.1, -0.05) is 48.3 Å². The Morgan fingerprint density at radius 1 is 1.13 bits per heavy atom. The van der Waals surface area contributed by atoms with Crippen molar-refractivity contribution < 1.29 is 14.0 Å². The Labute approximate surface area is 197 Å². The maximum Gasteiger partial charge on any atom is 0.242 e. The van der Waals surface area contributed by atoms with E-state index in [0.717, 1.165) is 12.0 Å². The van der Waals surface area contributed by atoms with Crippen LogP contribution in [0.2, 0.25) is 10.0 Å². The standard InChI is InChI=1S/C23H27Cl2FN2O2S/c1-4-15(2)27-23(30)16(3)28(12-17-8-10-18(24)11-9-17)22(29)14-31-13-19-20(25)6-5-7-21(19)26/h5-11,15-16H,4,12-14H2,1-3H3,(H,27,30)/t15-,16-/m1/s1. The molecular formula is C23H27Cl2FN2O2S. The van der Waals surface area contributed by atoms with Gasteiger partial charge < -0.3 is 10.2 Å². The van der Waals surface area contributed by atoms with Crippen molar-refractivity contribution in [3.63, 3.8) is 0 Å². The van der Waals surface area contributed by atoms with Crippen LogP contribution in [-0.2, 0) is 21.9 Å². The number of thioether (sulfide) groups is 1. The summed E-state index contributed by atoms with van der Waals surface area (Å²) in [6, 6.07) is 11.0. The van der Waals surface area contributed by atoms with E-state index in [4.69, 9.17) is 23.2 Å². The summed E-state index contributed by atoms with van der Waals surface area (Å²) in [5.41, 5.74) is 1.23. The predicted octanol–water partition coefficient (Wildman–Crippen LogP) is 5.70. The van der Waals surface area contributed by atoms with Gasteiger partial charge in [0.15, 0.2) is 0 Å². The highest BCUT2D eigenvalue weighted by Crippen LogP contribution is 2.24. The molecule has 2 aromatic rings. The van der Waals surface area contributed by atoms with E-state index in [1.807, 2.05) is 26.0 Å². The number of rotatable bonds is 10. The summed E-state index contributed by atoms with van der Waals surface area (Å²) in [4.78, 5) is 27.3. The maximum absolute atomic E-state index is 14.0. The smallest absolute Gasteiger partial charge is 0.242 e. The Morgan fingerprint density at radius 2 is 1.81 bits per heavy atom. The zero-order chi connectivity index (χ0) is 23.0. The first-order chi connectivity index (χ1) is 14.7. The van der Waals surface area contributed by atoms with Crippen molar-refractivity contribution in [1.29, 1.82) is 0 Å². The number of benzene rings is 2. The molecule has 0 spiro atoms. The van der Waals surface area contributed by atoms with E-state index in [-0.39, 0.29) is 35.9 Å². The molecule has 8 heteroatoms. The highest BCUT2D eigenvalue weighted by molar-refractivity contribution is 7.99. The van der Waals surface area contributed by atoms with Gasteiger partial charge in [-0.25, -0.2) is 4.39 Å². The second-order valence-corrected chi connectivity index (χ2v) is 9.16. The van der Waals surface area contributed by atoms with Gasteiger partial charge in [-0.15, -0.1) is 11.8 Å². The molecule has 0 aliphatic carbocycles. The molecule has 168 valence electrons. The topological polar surface area (TPSA) is 49.4 Å². The van der Waals surface area contributed by atoms with Gasteiger partial charge in [0.2, 0.25) is 11.8 Å². The largest absolute Gasteiger partial charge is 0.352 e. The van der Waals surface area contributed by atoms with Crippen LogP contribution in [0.3, 0.4) is 0 Å². The molecule has 0 aliphatic rings. The lowest BCUT2D eigenvalue weighted by Gasteiger charge is -2.29. The van der Waals surface area contributed by atoms with Crippen molar-refractivity contribution in [2.45, 2.75) is 51.6 Å². The van der Waals surface area contributed by atoms with Crippen LogP contribution in [0.15, 0.2) is 42.5 Å². The molecular weight excluding hydrogens is 458 g/mol. The molecule has 31 heavy (non-hydrogen) atoms. The number of nitrogens with zero attached hydrogens (tertiary/aromatic N) is 1. The number of carbonyl (C=O) groups is 2. The summed E-state index contributed by atoms with van der Waals surface area (Å²) in [7, 11) is 0. The lowest BCUT2D eigenvalue weighted by molar-refractivity contribution is -0.138. The zero-order valence-corrected chi connectivity index (χ0v) is 20.2. The van der Waals surface area contributed by atoms with Gasteiger partial charge in [0, 0.05) is 33.9 Å². The zero-order valence-electron chi connectivity index (χ0n) is 17.8. The minimum atomic E-state index is -0.658. The fourth-order valence-electron chi connectivity index (χ4n) is 2.83. The van der Waals surface area contributed by atoms with Crippen LogP contribution >= 0.6 is 35.0 Å². The van der Waals surface area contributed by atoms with Crippen molar-refractivity contribution in [2.75, 3.05) is 5.75 Å². The molecule has 0 heterocycles. The third kappa shape index (κ3) is 7.70. The van der Waals surface area contributed by atoms with Crippen molar-refractivity contribution in [1.82, 2.24) is 10.2 Å². The molecule has 2 rings (SSSR count). The molecule has 0 bridgehead atoms. The predicted molar refractivity (Wildman–Crippen MR) is 127 cm³/mol. The second-order valence-electron chi connectivity index (χ2n) is 7.33. The molecule has 2 atom stereocenters. The first-order valence-electron chi connectivity index (χ1n) is 10.1. The van der Waals surface area contributed by atoms with Crippen LogP contribution in [-0.4, -0.2) is 34.6 Å². The summed E-state index contributed by atoms with van der Waals surface area (Å²) in [6.07, 6.45) is 0.794. The number of carbonyl (C=O) groups excluding carboxylic acids is 2. The average Bonchev–Trinajstić information content (AvgIpc) is 2.74. The van der Waals surface area contributed by atoms with Crippen LogP contribution in [0.1, 0.15) is 38.3 Å². The molecule has 0 fully saturated rings. The highest BCUT2D eigenvalue weighted by atomic mass is 35.5. The molecule has 2 amide bonds. The molecule has 2 aromatic carbocycles. The Bertz CT molecular complexity index is 875. The summed E-state index contributed by atoms with van der Waals surface area (Å²) in [6.45, 7) is 5.89. The monoisotopic (exact) mass is 484 g/mol. The van der Waals surface area contributed by atoms with E-state index < -0.39 is 11.9 Å². The number of hydrogen-bond acceptors (Lipinski definition) is 3. The SMILES string of the molecule is CC[C@@H](C)NC(=O)[C@@H](C)N(Cc1ccc(Cl)cc1)C(=O)CSCc1c(F)cccc1Cl. The Hall–Kier alpha value is -1.76. The first kappa shape index (κ1) is 25.5. The van der Waals surface area contributed by atoms with Gasteiger partial charge in [-0.3, -0.25) is 9.59 Å². The minimum Gasteiger partial charge on any atom is -0.352 e. The fraction of sp³-hybridized carbons (Fsp3) is 0.391. The lowest BCUT2D eigenvalue weighted by Crippen LogP contribution is -2.50. The lowest BCUT2D eigenvalue weighted by atomic mass is 10.1. The van der Waals surface area contributed by atoms with Crippen molar-refractivity contribution in [3.05, 3.63) is 69.5 Å². The highest BCUT2D eigenvalue weighted by Gasteiger charge is 2.26. The molecule has 0 unspecified atom stereocenters. The molecule has 1 N–H and O–H groups in total. The molecule has 0 saturated carbocycles. The van der Waals surface area contributed by atoms with Gasteiger partial charge in [-0.05, 0) is 50.1 Å². The van der Waals surface area contributed by atoms with Gasteiger partial charge in [0.25, 0.3) is 0 Å². The number of amides is 2. The maximum atomic E-state index is 14.0. The van der Waals surface area contributed by atoms with Crippen LogP contribution < -0.4 is 5.32 Å². The first-order valence-corrected chi connectivity index (χ1v) is 12.0. The number of halogens is 3. The third-order valence-corrected chi connectivity index (χ3v) is 6.52. The van der Waals surface area contributed by atoms with Crippen molar-refractivity contribution >= 4 is 46.8 Å². The molecule has 0 saturated heterocycles. The van der Waals surface area contributed by atoms with E-state index in [2.05, 4.69) is 5.32 Å². The number of nitrogens with one attached hydrogen (secondary N) is 1. The van der Waals surface area contributed by atoms with Gasteiger partial charge >= 0.3 is 0 Å². The van der Waals surface area contributed by atoms with E-state index in [1.54, 1.807) is 31.2 Å². The van der Waals surface area contributed by atoms with Gasteiger partial charge in [0.05, 0.1) is 5.75 Å². The van der Waals surface area contributed by atoms with Crippen LogP contribution in [0, 0.1) is 5.82 Å². The summed E-state index contributed by atoms with van der Waals surface area (Å²) in [5, 5.41) is 3.86. The molecule has 4 nitrogen and oxygen atoms in total. The van der Waals surface area contributed by atoms with Gasteiger partial charge in [0.1, 0.15) is 11.9 Å². The van der Waals surface area contributed by atoms with Crippen molar-refractivity contribution in [3.8, 4) is 0 Å². The summed E-state index contributed by atoms with van der Waals surface area (Å²) >= 11 is 13.3. The molecule has 0 radical (unpaired) electrons. The molecule has 0 aromatic heterocycles. The second kappa shape index (κ2) is 12.3. The Balaban J connectivity index is 2.11. The average molecular weight is 485 g/mol. The normalized spacial score (nSPS) is 12.8. The van der Waals surface area contributed by atoms with E-state index in [0.29, 0.717) is 15.6 Å². The van der Waals surface area contributed by atoms with Gasteiger partial charge in [-0.2, -0.15) is 0 Å². The summed E-state index contributed by atoms with van der Waals surface area (Å²) < 4.78 is 14.0. The fourth-order valence-corrected chi connectivity index (χ4v) is 4.20. The van der Waals surface area contributed by atoms with Crippen molar-refractivity contribution in [2.24, 2.45) is 0 Å². The van der Waals surface area contributed by atoms with E-state index in [1.165, 1.54) is 22.7 Å². The Morgan fingerprint density at radius 3 is 2.42 bits per heavy atom. The minimum absolute atomic E-state index is 0.0139. The summed E-state index contributed by atoms with van der Waals surface area (Å²) in [5.74, 6) is -0.455. The Kier molecular flexibility index (Phi) is 10.1.